The van der Waals surface area contributed by atoms with Crippen LogP contribution in [0.1, 0.15) is 26.7 Å². The summed E-state index contributed by atoms with van der Waals surface area (Å²) in [6.07, 6.45) is 0.640. The summed E-state index contributed by atoms with van der Waals surface area (Å²) in [5.41, 5.74) is -0.371. The largest absolute Gasteiger partial charge is 0.497 e. The maximum Gasteiger partial charge on any atom is 0.242 e. The number of carbonyl (C=O) groups is 1. The molecule has 0 saturated carbocycles. The number of aliphatic hydroxyl groups excluding tert-OH is 1. The Morgan fingerprint density at radius 2 is 1.88 bits per heavy atom. The molecule has 0 atom stereocenters. The Morgan fingerprint density at radius 3 is 2.40 bits per heavy atom. The van der Waals surface area contributed by atoms with Crippen LogP contribution in [0.5, 0.6) is 5.75 Å². The molecular weight excluding hydrogens is 344 g/mol. The molecule has 0 aliphatic rings. The molecular formula is C17H28N2O5S. The van der Waals surface area contributed by atoms with Crippen molar-refractivity contribution in [1.82, 2.24) is 9.62 Å². The van der Waals surface area contributed by atoms with Gasteiger partial charge >= 0.3 is 0 Å². The highest BCUT2D eigenvalue weighted by Gasteiger charge is 2.21. The molecule has 142 valence electrons. The minimum Gasteiger partial charge on any atom is -0.497 e. The Morgan fingerprint density at radius 1 is 1.28 bits per heavy atom. The van der Waals surface area contributed by atoms with Crippen molar-refractivity contribution >= 4 is 15.9 Å². The molecule has 0 heterocycles. The summed E-state index contributed by atoms with van der Waals surface area (Å²) in [5.74, 6) is 0.431. The minimum atomic E-state index is -3.59. The van der Waals surface area contributed by atoms with Crippen LogP contribution in [0.15, 0.2) is 29.2 Å². The van der Waals surface area contributed by atoms with Gasteiger partial charge in [0.1, 0.15) is 5.75 Å². The van der Waals surface area contributed by atoms with Crippen molar-refractivity contribution in [3.63, 3.8) is 0 Å². The van der Waals surface area contributed by atoms with Gasteiger partial charge in [0.25, 0.3) is 0 Å². The highest BCUT2D eigenvalue weighted by atomic mass is 32.2. The van der Waals surface area contributed by atoms with Crippen LogP contribution < -0.4 is 10.1 Å². The van der Waals surface area contributed by atoms with Gasteiger partial charge in [0.05, 0.1) is 12.0 Å². The fraction of sp³-hybridized carbons (Fsp3) is 0.588. The van der Waals surface area contributed by atoms with Crippen molar-refractivity contribution in [3.8, 4) is 5.75 Å². The average Bonchev–Trinajstić information content (AvgIpc) is 2.60. The highest BCUT2D eigenvalue weighted by Crippen LogP contribution is 2.19. The second-order valence-corrected chi connectivity index (χ2v) is 8.75. The number of rotatable bonds is 10. The lowest BCUT2D eigenvalue weighted by Gasteiger charge is -2.22. The molecule has 0 fully saturated rings. The van der Waals surface area contributed by atoms with Crippen molar-refractivity contribution in [1.29, 1.82) is 0 Å². The molecule has 2 N–H and O–H groups in total. The highest BCUT2D eigenvalue weighted by molar-refractivity contribution is 7.89. The molecule has 1 aromatic carbocycles. The third-order valence-corrected chi connectivity index (χ3v) is 5.71. The van der Waals surface area contributed by atoms with Gasteiger partial charge in [0.2, 0.25) is 15.9 Å². The van der Waals surface area contributed by atoms with Gasteiger partial charge in [-0.15, -0.1) is 0 Å². The molecule has 8 heteroatoms. The van der Waals surface area contributed by atoms with Crippen molar-refractivity contribution in [3.05, 3.63) is 24.3 Å². The van der Waals surface area contributed by atoms with Crippen molar-refractivity contribution in [2.45, 2.75) is 31.6 Å². The van der Waals surface area contributed by atoms with Crippen LogP contribution in [0.25, 0.3) is 0 Å². The SMILES string of the molecule is COc1ccc(S(=O)(=O)N(C)CCCC(=O)NCC(C)(C)CO)cc1. The summed E-state index contributed by atoms with van der Waals surface area (Å²) in [4.78, 5) is 12.0. The van der Waals surface area contributed by atoms with E-state index in [0.29, 0.717) is 18.7 Å². The average molecular weight is 372 g/mol. The van der Waals surface area contributed by atoms with Crippen molar-refractivity contribution < 1.29 is 23.1 Å². The molecule has 0 aromatic heterocycles. The van der Waals surface area contributed by atoms with Gasteiger partial charge in [-0.3, -0.25) is 4.79 Å². The predicted molar refractivity (Wildman–Crippen MR) is 95.9 cm³/mol. The number of hydrogen-bond acceptors (Lipinski definition) is 5. The number of ether oxygens (including phenoxy) is 1. The lowest BCUT2D eigenvalue weighted by Crippen LogP contribution is -2.36. The summed E-state index contributed by atoms with van der Waals surface area (Å²) < 4.78 is 31.2. The van der Waals surface area contributed by atoms with Crippen LogP contribution in [0.3, 0.4) is 0 Å². The molecule has 0 unspecified atom stereocenters. The summed E-state index contributed by atoms with van der Waals surface area (Å²) >= 11 is 0. The van der Waals surface area contributed by atoms with Gasteiger partial charge in [0, 0.05) is 38.6 Å². The maximum absolute atomic E-state index is 12.5. The molecule has 0 aliphatic carbocycles. The standard InChI is InChI=1S/C17H28N2O5S/c1-17(2,13-20)12-18-16(21)6-5-11-19(3)25(22,23)15-9-7-14(24-4)8-10-15/h7-10,20H,5-6,11-13H2,1-4H3,(H,18,21). The Labute approximate surface area is 150 Å². The van der Waals surface area contributed by atoms with Crippen molar-refractivity contribution in [2.24, 2.45) is 5.41 Å². The van der Waals surface area contributed by atoms with E-state index in [1.54, 1.807) is 12.1 Å². The molecule has 25 heavy (non-hydrogen) atoms. The van der Waals surface area contributed by atoms with E-state index >= 15 is 0 Å². The van der Waals surface area contributed by atoms with Crippen LogP contribution in [0.4, 0.5) is 0 Å². The lowest BCUT2D eigenvalue weighted by atomic mass is 9.95. The molecule has 1 amide bonds. The monoisotopic (exact) mass is 372 g/mol. The topological polar surface area (TPSA) is 95.9 Å². The zero-order chi connectivity index (χ0) is 19.1. The van der Waals surface area contributed by atoms with E-state index in [1.807, 2.05) is 13.8 Å². The third kappa shape index (κ3) is 6.64. The number of sulfonamides is 1. The van der Waals surface area contributed by atoms with Crippen LogP contribution in [0, 0.1) is 5.41 Å². The van der Waals surface area contributed by atoms with Gasteiger partial charge in [-0.05, 0) is 30.7 Å². The number of nitrogens with one attached hydrogen (secondary N) is 1. The maximum atomic E-state index is 12.5. The Balaban J connectivity index is 2.49. The molecule has 0 spiro atoms. The Kier molecular flexibility index (Phi) is 7.85. The summed E-state index contributed by atoms with van der Waals surface area (Å²) in [6, 6.07) is 6.18. The summed E-state index contributed by atoms with van der Waals surface area (Å²) in [5, 5.41) is 11.9. The fourth-order valence-electron chi connectivity index (χ4n) is 1.99. The third-order valence-electron chi connectivity index (χ3n) is 3.84. The van der Waals surface area contributed by atoms with Gasteiger partial charge < -0.3 is 15.2 Å². The summed E-state index contributed by atoms with van der Waals surface area (Å²) in [7, 11) is -0.580. The number of carbonyl (C=O) groups excluding carboxylic acids is 1. The number of benzene rings is 1. The second kappa shape index (κ2) is 9.17. The van der Waals surface area contributed by atoms with E-state index < -0.39 is 10.0 Å². The summed E-state index contributed by atoms with van der Waals surface area (Å²) in [6.45, 7) is 4.30. The van der Waals surface area contributed by atoms with Crippen LogP contribution in [-0.2, 0) is 14.8 Å². The minimum absolute atomic E-state index is 0.0177. The van der Waals surface area contributed by atoms with Crippen LogP contribution >= 0.6 is 0 Å². The zero-order valence-electron chi connectivity index (χ0n) is 15.3. The van der Waals surface area contributed by atoms with E-state index in [9.17, 15) is 13.2 Å². The van der Waals surface area contributed by atoms with Gasteiger partial charge in [-0.2, -0.15) is 0 Å². The normalized spacial score (nSPS) is 12.2. The molecule has 0 saturated heterocycles. The number of aliphatic hydroxyl groups is 1. The molecule has 0 radical (unpaired) electrons. The van der Waals surface area contributed by atoms with Gasteiger partial charge in [-0.25, -0.2) is 12.7 Å². The number of hydrogen-bond donors (Lipinski definition) is 2. The molecule has 0 aliphatic heterocycles. The molecule has 0 bridgehead atoms. The van der Waals surface area contributed by atoms with Gasteiger partial charge in [-0.1, -0.05) is 13.8 Å². The van der Waals surface area contributed by atoms with Gasteiger partial charge in [0.15, 0.2) is 0 Å². The Hall–Kier alpha value is -1.64. The smallest absolute Gasteiger partial charge is 0.242 e. The first-order valence-corrected chi connectivity index (χ1v) is 9.54. The first-order chi connectivity index (χ1) is 11.6. The molecule has 1 rings (SSSR count). The first-order valence-electron chi connectivity index (χ1n) is 8.10. The van der Waals surface area contributed by atoms with E-state index in [-0.39, 0.29) is 35.8 Å². The van der Waals surface area contributed by atoms with E-state index in [2.05, 4.69) is 5.32 Å². The molecule has 7 nitrogen and oxygen atoms in total. The van der Waals surface area contributed by atoms with Crippen LogP contribution in [-0.4, -0.2) is 57.6 Å². The number of nitrogens with zero attached hydrogens (tertiary/aromatic N) is 1. The van der Waals surface area contributed by atoms with E-state index in [1.165, 1.54) is 30.6 Å². The number of amides is 1. The lowest BCUT2D eigenvalue weighted by molar-refractivity contribution is -0.121. The zero-order valence-corrected chi connectivity index (χ0v) is 16.1. The fourth-order valence-corrected chi connectivity index (χ4v) is 3.20. The Bertz CT molecular complexity index is 656. The van der Waals surface area contributed by atoms with E-state index in [4.69, 9.17) is 9.84 Å². The van der Waals surface area contributed by atoms with Crippen molar-refractivity contribution in [2.75, 3.05) is 33.9 Å². The van der Waals surface area contributed by atoms with Crippen LogP contribution in [0.2, 0.25) is 0 Å². The second-order valence-electron chi connectivity index (χ2n) is 6.70. The number of methoxy groups -OCH3 is 1. The van der Waals surface area contributed by atoms with E-state index in [0.717, 1.165) is 0 Å². The first kappa shape index (κ1) is 21.4. The predicted octanol–water partition coefficient (Wildman–Crippen LogP) is 1.23. The quantitative estimate of drug-likeness (QED) is 0.644. The molecule has 1 aromatic rings.